The minimum atomic E-state index is -0.474. The van der Waals surface area contributed by atoms with Crippen LogP contribution in [-0.2, 0) is 20.1 Å². The third-order valence-corrected chi connectivity index (χ3v) is 5.42. The molecule has 1 aromatic heterocycles. The largest absolute Gasteiger partial charge is 0.355 e. The second-order valence-corrected chi connectivity index (χ2v) is 7.28. The van der Waals surface area contributed by atoms with E-state index in [0.29, 0.717) is 18.5 Å². The zero-order valence-corrected chi connectivity index (χ0v) is 20.0. The molecular formula is C20H30F2IN7. The van der Waals surface area contributed by atoms with Gasteiger partial charge in [-0.3, -0.25) is 4.90 Å². The van der Waals surface area contributed by atoms with E-state index in [1.807, 2.05) is 18.5 Å². The number of hydrogen-bond donors (Lipinski definition) is 2. The number of aliphatic imine (C=N–C) groups is 1. The van der Waals surface area contributed by atoms with Crippen LogP contribution >= 0.6 is 24.0 Å². The van der Waals surface area contributed by atoms with Gasteiger partial charge >= 0.3 is 0 Å². The Morgan fingerprint density at radius 3 is 2.77 bits per heavy atom. The van der Waals surface area contributed by atoms with Gasteiger partial charge in [-0.15, -0.1) is 34.2 Å². The Bertz CT molecular complexity index is 856. The summed E-state index contributed by atoms with van der Waals surface area (Å²) < 4.78 is 29.3. The lowest BCUT2D eigenvalue weighted by molar-refractivity contribution is 0.267. The first-order valence-electron chi connectivity index (χ1n) is 10.0. The highest BCUT2D eigenvalue weighted by molar-refractivity contribution is 14.0. The van der Waals surface area contributed by atoms with Crippen molar-refractivity contribution < 1.29 is 8.78 Å². The van der Waals surface area contributed by atoms with E-state index in [1.54, 1.807) is 0 Å². The number of likely N-dealkylation sites (tertiary alicyclic amines) is 1. The molecule has 2 aromatic rings. The highest BCUT2D eigenvalue weighted by atomic mass is 127. The number of aromatic nitrogens is 3. The van der Waals surface area contributed by atoms with Crippen LogP contribution in [0.1, 0.15) is 37.0 Å². The van der Waals surface area contributed by atoms with E-state index in [2.05, 4.69) is 37.6 Å². The number of aryl methyl sites for hydroxylation is 1. The van der Waals surface area contributed by atoms with Crippen molar-refractivity contribution in [3.63, 3.8) is 0 Å². The number of hydrogen-bond acceptors (Lipinski definition) is 4. The number of guanidine groups is 1. The summed E-state index contributed by atoms with van der Waals surface area (Å²) in [5.41, 5.74) is 0.219. The average molecular weight is 533 g/mol. The fourth-order valence-corrected chi connectivity index (χ4v) is 3.53. The van der Waals surface area contributed by atoms with Gasteiger partial charge in [0.1, 0.15) is 17.5 Å². The molecule has 2 N–H and O–H groups in total. The van der Waals surface area contributed by atoms with E-state index in [1.165, 1.54) is 12.5 Å². The first-order valence-corrected chi connectivity index (χ1v) is 10.0. The lowest BCUT2D eigenvalue weighted by Crippen LogP contribution is -2.44. The van der Waals surface area contributed by atoms with Crippen LogP contribution in [0.3, 0.4) is 0 Å². The third-order valence-electron chi connectivity index (χ3n) is 5.42. The van der Waals surface area contributed by atoms with E-state index < -0.39 is 11.6 Å². The van der Waals surface area contributed by atoms with Crippen LogP contribution in [0.25, 0.3) is 0 Å². The highest BCUT2D eigenvalue weighted by Gasteiger charge is 2.23. The quantitative estimate of drug-likeness (QED) is 0.326. The molecule has 1 aliphatic rings. The Labute approximate surface area is 193 Å². The molecule has 1 atom stereocenters. The van der Waals surface area contributed by atoms with Gasteiger partial charge in [-0.1, -0.05) is 6.92 Å². The van der Waals surface area contributed by atoms with Crippen LogP contribution in [0.15, 0.2) is 23.2 Å². The van der Waals surface area contributed by atoms with Crippen molar-refractivity contribution in [2.45, 2.75) is 45.8 Å². The van der Waals surface area contributed by atoms with Crippen molar-refractivity contribution in [1.82, 2.24) is 30.3 Å². The molecule has 3 rings (SSSR count). The number of nitrogens with zero attached hydrogens (tertiary/aromatic N) is 5. The summed E-state index contributed by atoms with van der Waals surface area (Å²) in [4.78, 5) is 6.90. The smallest absolute Gasteiger partial charge is 0.192 e. The summed E-state index contributed by atoms with van der Waals surface area (Å²) in [5.74, 6) is 1.19. The molecule has 0 aliphatic carbocycles. The Morgan fingerprint density at radius 2 is 2.07 bits per heavy atom. The van der Waals surface area contributed by atoms with Gasteiger partial charge in [0.15, 0.2) is 11.8 Å². The number of likely N-dealkylation sites (N-methyl/N-ethyl adjacent to an activating group) is 1. The number of rotatable bonds is 7. The summed E-state index contributed by atoms with van der Waals surface area (Å²) in [7, 11) is 1.90. The number of halogens is 3. The van der Waals surface area contributed by atoms with Crippen LogP contribution < -0.4 is 10.6 Å². The molecule has 0 amide bonds. The second-order valence-electron chi connectivity index (χ2n) is 7.28. The Kier molecular flexibility index (Phi) is 9.40. The molecule has 10 heteroatoms. The van der Waals surface area contributed by atoms with Crippen LogP contribution in [0.4, 0.5) is 8.78 Å². The van der Waals surface area contributed by atoms with E-state index in [4.69, 9.17) is 0 Å². The van der Waals surface area contributed by atoms with E-state index >= 15 is 0 Å². The predicted octanol–water partition coefficient (Wildman–Crippen LogP) is 2.74. The highest BCUT2D eigenvalue weighted by Crippen LogP contribution is 2.15. The molecule has 1 saturated heterocycles. The lowest BCUT2D eigenvalue weighted by Gasteiger charge is -2.24. The standard InChI is InChI=1S/C20H29F2N7.HI/c1-4-29-9-5-6-17(29)12-24-20(25-13-19-27-26-14(2)28(19)3)23-11-15-10-16(21)7-8-18(15)22;/h7-8,10,17H,4-6,9,11-13H2,1-3H3,(H2,23,24,25);1H. The van der Waals surface area contributed by atoms with Crippen molar-refractivity contribution in [3.8, 4) is 0 Å². The minimum Gasteiger partial charge on any atom is -0.355 e. The van der Waals surface area contributed by atoms with Gasteiger partial charge < -0.3 is 15.2 Å². The van der Waals surface area contributed by atoms with Crippen molar-refractivity contribution >= 4 is 29.9 Å². The molecular weight excluding hydrogens is 503 g/mol. The van der Waals surface area contributed by atoms with Crippen LogP contribution in [0.2, 0.25) is 0 Å². The summed E-state index contributed by atoms with van der Waals surface area (Å²) >= 11 is 0. The Morgan fingerprint density at radius 1 is 1.27 bits per heavy atom. The molecule has 2 heterocycles. The van der Waals surface area contributed by atoms with E-state index in [9.17, 15) is 8.78 Å². The zero-order valence-electron chi connectivity index (χ0n) is 17.7. The summed E-state index contributed by atoms with van der Waals surface area (Å²) in [6, 6.07) is 3.85. The van der Waals surface area contributed by atoms with E-state index in [0.717, 1.165) is 49.8 Å². The molecule has 0 bridgehead atoms. The molecule has 1 unspecified atom stereocenters. The fourth-order valence-electron chi connectivity index (χ4n) is 3.53. The van der Waals surface area contributed by atoms with Crippen molar-refractivity contribution in [3.05, 3.63) is 47.0 Å². The molecule has 166 valence electrons. The molecule has 0 radical (unpaired) electrons. The van der Waals surface area contributed by atoms with Gasteiger partial charge in [-0.05, 0) is 51.1 Å². The maximum Gasteiger partial charge on any atom is 0.192 e. The van der Waals surface area contributed by atoms with Gasteiger partial charge in [0, 0.05) is 25.2 Å². The van der Waals surface area contributed by atoms with Gasteiger partial charge in [0.25, 0.3) is 0 Å². The number of benzene rings is 1. The predicted molar refractivity (Wildman–Crippen MR) is 124 cm³/mol. The van der Waals surface area contributed by atoms with Crippen LogP contribution in [0, 0.1) is 18.6 Å². The SMILES string of the molecule is CCN1CCCC1CNC(=NCc1cc(F)ccc1F)NCc1nnc(C)n1C.I. The molecule has 0 spiro atoms. The molecule has 0 saturated carbocycles. The van der Waals surface area contributed by atoms with Crippen LogP contribution in [0.5, 0.6) is 0 Å². The maximum atomic E-state index is 14.0. The van der Waals surface area contributed by atoms with Gasteiger partial charge in [-0.2, -0.15) is 0 Å². The fraction of sp³-hybridized carbons (Fsp3) is 0.550. The summed E-state index contributed by atoms with van der Waals surface area (Å²) in [6.07, 6.45) is 2.32. The number of nitrogens with one attached hydrogen (secondary N) is 2. The van der Waals surface area contributed by atoms with Crippen molar-refractivity contribution in [2.24, 2.45) is 12.0 Å². The van der Waals surface area contributed by atoms with Gasteiger partial charge in [-0.25, -0.2) is 13.8 Å². The van der Waals surface area contributed by atoms with Crippen molar-refractivity contribution in [2.75, 3.05) is 19.6 Å². The van der Waals surface area contributed by atoms with Gasteiger partial charge in [0.05, 0.1) is 13.1 Å². The molecule has 1 fully saturated rings. The molecule has 7 nitrogen and oxygen atoms in total. The minimum absolute atomic E-state index is 0. The first-order chi connectivity index (χ1) is 14.0. The lowest BCUT2D eigenvalue weighted by atomic mass is 10.2. The first kappa shape index (κ1) is 24.4. The molecule has 1 aromatic carbocycles. The third kappa shape index (κ3) is 6.34. The normalized spacial score (nSPS) is 17.1. The summed E-state index contributed by atoms with van der Waals surface area (Å²) in [6.45, 7) is 7.37. The maximum absolute atomic E-state index is 14.0. The molecule has 1 aliphatic heterocycles. The molecule has 30 heavy (non-hydrogen) atoms. The average Bonchev–Trinajstić information content (AvgIpc) is 3.30. The zero-order chi connectivity index (χ0) is 20.8. The Balaban J connectivity index is 0.00000320. The monoisotopic (exact) mass is 533 g/mol. The van der Waals surface area contributed by atoms with Crippen molar-refractivity contribution in [1.29, 1.82) is 0 Å². The summed E-state index contributed by atoms with van der Waals surface area (Å²) in [5, 5.41) is 14.8. The topological polar surface area (TPSA) is 70.4 Å². The van der Waals surface area contributed by atoms with Gasteiger partial charge in [0.2, 0.25) is 0 Å². The van der Waals surface area contributed by atoms with Crippen LogP contribution in [-0.4, -0.2) is 51.3 Å². The Hall–Kier alpha value is -1.82. The van der Waals surface area contributed by atoms with E-state index in [-0.39, 0.29) is 36.1 Å². The second kappa shape index (κ2) is 11.5.